The summed E-state index contributed by atoms with van der Waals surface area (Å²) in [6.45, 7) is -0.605. The SMILES string of the molecule is NCC(CC(F)(F)F)OCCO. The highest BCUT2D eigenvalue weighted by molar-refractivity contribution is 4.64. The Balaban J connectivity index is 3.67. The van der Waals surface area contributed by atoms with Crippen molar-refractivity contribution in [2.24, 2.45) is 5.73 Å². The van der Waals surface area contributed by atoms with Gasteiger partial charge < -0.3 is 15.6 Å². The van der Waals surface area contributed by atoms with Crippen LogP contribution in [0, 0.1) is 0 Å². The fourth-order valence-corrected chi connectivity index (χ4v) is 0.688. The molecule has 74 valence electrons. The number of halogens is 3. The maximum atomic E-state index is 11.7. The first kappa shape index (κ1) is 11.7. The van der Waals surface area contributed by atoms with Gasteiger partial charge in [0, 0.05) is 6.54 Å². The molecule has 1 atom stereocenters. The molecule has 0 heterocycles. The molecule has 0 aliphatic heterocycles. The second-order valence-electron chi connectivity index (χ2n) is 2.27. The van der Waals surface area contributed by atoms with Crippen LogP contribution in [0.2, 0.25) is 0 Å². The molecule has 0 spiro atoms. The van der Waals surface area contributed by atoms with Crippen LogP contribution in [-0.2, 0) is 4.74 Å². The van der Waals surface area contributed by atoms with Gasteiger partial charge in [0.2, 0.25) is 0 Å². The minimum absolute atomic E-state index is 0.113. The summed E-state index contributed by atoms with van der Waals surface area (Å²) in [5, 5.41) is 8.26. The van der Waals surface area contributed by atoms with Crippen molar-refractivity contribution in [2.75, 3.05) is 19.8 Å². The van der Waals surface area contributed by atoms with Gasteiger partial charge in [0.05, 0.1) is 25.7 Å². The lowest BCUT2D eigenvalue weighted by atomic mass is 10.2. The summed E-state index contributed by atoms with van der Waals surface area (Å²) in [4.78, 5) is 0. The van der Waals surface area contributed by atoms with Crippen LogP contribution in [0.25, 0.3) is 0 Å². The molecule has 0 aromatic heterocycles. The van der Waals surface area contributed by atoms with Gasteiger partial charge in [-0.2, -0.15) is 13.2 Å². The average molecular weight is 187 g/mol. The number of hydrogen-bond acceptors (Lipinski definition) is 3. The highest BCUT2D eigenvalue weighted by atomic mass is 19.4. The Labute approximate surface area is 68.3 Å². The third kappa shape index (κ3) is 6.38. The van der Waals surface area contributed by atoms with Gasteiger partial charge in [-0.3, -0.25) is 0 Å². The van der Waals surface area contributed by atoms with Crippen LogP contribution in [-0.4, -0.2) is 37.1 Å². The van der Waals surface area contributed by atoms with Crippen LogP contribution in [0.1, 0.15) is 6.42 Å². The topological polar surface area (TPSA) is 55.5 Å². The zero-order valence-corrected chi connectivity index (χ0v) is 6.47. The summed E-state index contributed by atoms with van der Waals surface area (Å²) in [6, 6.07) is 0. The lowest BCUT2D eigenvalue weighted by Gasteiger charge is -2.16. The summed E-state index contributed by atoms with van der Waals surface area (Å²) >= 11 is 0. The molecular formula is C6H12F3NO2. The van der Waals surface area contributed by atoms with Gasteiger partial charge in [-0.05, 0) is 0 Å². The van der Waals surface area contributed by atoms with Gasteiger partial charge >= 0.3 is 6.18 Å². The first-order chi connectivity index (χ1) is 5.49. The van der Waals surface area contributed by atoms with Crippen molar-refractivity contribution in [2.45, 2.75) is 18.7 Å². The fourth-order valence-electron chi connectivity index (χ4n) is 0.688. The average Bonchev–Trinajstić information content (AvgIpc) is 1.95. The van der Waals surface area contributed by atoms with Gasteiger partial charge in [-0.15, -0.1) is 0 Å². The third-order valence-corrected chi connectivity index (χ3v) is 1.17. The van der Waals surface area contributed by atoms with Crippen LogP contribution in [0.5, 0.6) is 0 Å². The molecule has 0 aliphatic rings. The van der Waals surface area contributed by atoms with Gasteiger partial charge in [-0.1, -0.05) is 0 Å². The lowest BCUT2D eigenvalue weighted by Crippen LogP contribution is -2.30. The highest BCUT2D eigenvalue weighted by Gasteiger charge is 2.31. The molecule has 0 bridgehead atoms. The van der Waals surface area contributed by atoms with E-state index in [0.29, 0.717) is 0 Å². The Morgan fingerprint density at radius 3 is 2.33 bits per heavy atom. The molecule has 1 unspecified atom stereocenters. The molecule has 3 N–H and O–H groups in total. The minimum Gasteiger partial charge on any atom is -0.394 e. The number of nitrogens with two attached hydrogens (primary N) is 1. The molecular weight excluding hydrogens is 175 g/mol. The maximum absolute atomic E-state index is 11.7. The van der Waals surface area contributed by atoms with E-state index in [0.717, 1.165) is 0 Å². The van der Waals surface area contributed by atoms with E-state index in [4.69, 9.17) is 10.8 Å². The lowest BCUT2D eigenvalue weighted by molar-refractivity contribution is -0.160. The molecule has 0 aromatic rings. The fraction of sp³-hybridized carbons (Fsp3) is 1.00. The van der Waals surface area contributed by atoms with E-state index in [1.165, 1.54) is 0 Å². The van der Waals surface area contributed by atoms with Crippen molar-refractivity contribution in [3.63, 3.8) is 0 Å². The number of rotatable bonds is 5. The van der Waals surface area contributed by atoms with E-state index < -0.39 is 18.7 Å². The normalized spacial score (nSPS) is 14.8. The van der Waals surface area contributed by atoms with Gasteiger partial charge in [-0.25, -0.2) is 0 Å². The Morgan fingerprint density at radius 1 is 1.42 bits per heavy atom. The Morgan fingerprint density at radius 2 is 2.00 bits per heavy atom. The van der Waals surface area contributed by atoms with Crippen molar-refractivity contribution < 1.29 is 23.0 Å². The molecule has 12 heavy (non-hydrogen) atoms. The quantitative estimate of drug-likeness (QED) is 0.649. The van der Waals surface area contributed by atoms with Crippen molar-refractivity contribution in [3.05, 3.63) is 0 Å². The van der Waals surface area contributed by atoms with E-state index in [-0.39, 0.29) is 19.8 Å². The van der Waals surface area contributed by atoms with Crippen molar-refractivity contribution in [3.8, 4) is 0 Å². The standard InChI is InChI=1S/C6H12F3NO2/c7-6(8,9)3-5(4-10)12-2-1-11/h5,11H,1-4,10H2. The molecule has 0 radical (unpaired) electrons. The number of ether oxygens (including phenoxy) is 1. The predicted octanol–water partition coefficient (Wildman–Crippen LogP) is 0.275. The molecule has 0 amide bonds. The Kier molecular flexibility index (Phi) is 5.19. The summed E-state index contributed by atoms with van der Waals surface area (Å²) in [7, 11) is 0. The van der Waals surface area contributed by atoms with E-state index in [1.54, 1.807) is 0 Å². The van der Waals surface area contributed by atoms with E-state index >= 15 is 0 Å². The summed E-state index contributed by atoms with van der Waals surface area (Å²) in [5.74, 6) is 0. The Hall–Kier alpha value is -0.330. The molecule has 0 rings (SSSR count). The number of alkyl halides is 3. The van der Waals surface area contributed by atoms with Crippen molar-refractivity contribution in [1.82, 2.24) is 0 Å². The zero-order chi connectivity index (χ0) is 9.61. The van der Waals surface area contributed by atoms with Crippen molar-refractivity contribution >= 4 is 0 Å². The van der Waals surface area contributed by atoms with Crippen LogP contribution in [0.3, 0.4) is 0 Å². The molecule has 0 fully saturated rings. The largest absolute Gasteiger partial charge is 0.394 e. The van der Waals surface area contributed by atoms with Crippen LogP contribution >= 0.6 is 0 Å². The molecule has 6 heteroatoms. The van der Waals surface area contributed by atoms with Crippen LogP contribution < -0.4 is 5.73 Å². The zero-order valence-electron chi connectivity index (χ0n) is 6.47. The predicted molar refractivity (Wildman–Crippen MR) is 36.6 cm³/mol. The summed E-state index contributed by atoms with van der Waals surface area (Å²) in [6.07, 6.45) is -6.37. The van der Waals surface area contributed by atoms with Crippen molar-refractivity contribution in [1.29, 1.82) is 0 Å². The number of aliphatic hydroxyl groups excluding tert-OH is 1. The molecule has 0 aliphatic carbocycles. The summed E-state index contributed by atoms with van der Waals surface area (Å²) in [5.41, 5.74) is 5.01. The summed E-state index contributed by atoms with van der Waals surface area (Å²) < 4.78 is 39.8. The third-order valence-electron chi connectivity index (χ3n) is 1.17. The van der Waals surface area contributed by atoms with Gasteiger partial charge in [0.1, 0.15) is 0 Å². The Bertz CT molecular complexity index is 118. The second-order valence-corrected chi connectivity index (χ2v) is 2.27. The van der Waals surface area contributed by atoms with Crippen LogP contribution in [0.15, 0.2) is 0 Å². The van der Waals surface area contributed by atoms with Gasteiger partial charge in [0.15, 0.2) is 0 Å². The number of hydrogen-bond donors (Lipinski definition) is 2. The number of aliphatic hydroxyl groups is 1. The molecule has 0 aromatic carbocycles. The smallest absolute Gasteiger partial charge is 0.391 e. The first-order valence-corrected chi connectivity index (χ1v) is 3.49. The van der Waals surface area contributed by atoms with Crippen LogP contribution in [0.4, 0.5) is 13.2 Å². The second kappa shape index (κ2) is 5.34. The van der Waals surface area contributed by atoms with Gasteiger partial charge in [0.25, 0.3) is 0 Å². The minimum atomic E-state index is -4.26. The molecule has 3 nitrogen and oxygen atoms in total. The van der Waals surface area contributed by atoms with E-state index in [9.17, 15) is 13.2 Å². The molecule has 0 saturated carbocycles. The van der Waals surface area contributed by atoms with E-state index in [2.05, 4.69) is 4.74 Å². The molecule has 0 saturated heterocycles. The first-order valence-electron chi connectivity index (χ1n) is 3.49. The highest BCUT2D eigenvalue weighted by Crippen LogP contribution is 2.22. The maximum Gasteiger partial charge on any atom is 0.391 e. The monoisotopic (exact) mass is 187 g/mol. The van der Waals surface area contributed by atoms with E-state index in [1.807, 2.05) is 0 Å².